The Hall–Kier alpha value is -1.78. The van der Waals surface area contributed by atoms with Gasteiger partial charge in [0, 0.05) is 18.3 Å². The molecule has 0 aliphatic carbocycles. The third-order valence-corrected chi connectivity index (χ3v) is 1.83. The van der Waals surface area contributed by atoms with Gasteiger partial charge in [0.2, 0.25) is 0 Å². The van der Waals surface area contributed by atoms with E-state index in [1.807, 2.05) is 12.1 Å². The van der Waals surface area contributed by atoms with Crippen molar-refractivity contribution in [2.45, 2.75) is 12.5 Å². The number of aromatic amines is 1. The number of H-pyrrole nitrogens is 1. The number of imide groups is 1. The van der Waals surface area contributed by atoms with Crippen LogP contribution in [0.25, 0.3) is 0 Å². The summed E-state index contributed by atoms with van der Waals surface area (Å²) in [6.45, 7) is 0. The molecule has 2 rings (SSSR count). The van der Waals surface area contributed by atoms with Gasteiger partial charge in [-0.1, -0.05) is 0 Å². The molecule has 0 radical (unpaired) electrons. The van der Waals surface area contributed by atoms with Crippen molar-refractivity contribution in [3.05, 3.63) is 24.0 Å². The number of hydrogen-bond acceptors (Lipinski definition) is 3. The van der Waals surface area contributed by atoms with Gasteiger partial charge in [-0.05, 0) is 12.1 Å². The monoisotopic (exact) mass is 180 g/mol. The summed E-state index contributed by atoms with van der Waals surface area (Å²) >= 11 is 0. The highest BCUT2D eigenvalue weighted by Crippen LogP contribution is 2.08. The fourth-order valence-corrected chi connectivity index (χ4v) is 1.22. The molecule has 5 heteroatoms. The highest BCUT2D eigenvalue weighted by atomic mass is 16.6. The SMILES string of the molecule is O=C1NC(=O)C(Cc2ccc[nH]2)O1. The largest absolute Gasteiger partial charge is 0.435 e. The average Bonchev–Trinajstić information content (AvgIpc) is 2.63. The number of aromatic nitrogens is 1. The van der Waals surface area contributed by atoms with E-state index in [1.54, 1.807) is 6.20 Å². The second kappa shape index (κ2) is 2.93. The van der Waals surface area contributed by atoms with E-state index in [-0.39, 0.29) is 5.91 Å². The molecule has 5 nitrogen and oxygen atoms in total. The minimum absolute atomic E-state index is 0.375. The van der Waals surface area contributed by atoms with Crippen LogP contribution in [0.5, 0.6) is 0 Å². The lowest BCUT2D eigenvalue weighted by Crippen LogP contribution is -2.25. The van der Waals surface area contributed by atoms with Crippen molar-refractivity contribution in [3.8, 4) is 0 Å². The standard InChI is InChI=1S/C8H8N2O3/c11-7-6(13-8(12)10-7)4-5-2-1-3-9-5/h1-3,6,9H,4H2,(H,10,11,12). The van der Waals surface area contributed by atoms with E-state index in [4.69, 9.17) is 4.74 Å². The summed E-state index contributed by atoms with van der Waals surface area (Å²) in [6, 6.07) is 3.66. The third kappa shape index (κ3) is 1.53. The van der Waals surface area contributed by atoms with Crippen LogP contribution < -0.4 is 5.32 Å². The number of nitrogens with one attached hydrogen (secondary N) is 2. The zero-order valence-electron chi connectivity index (χ0n) is 6.74. The summed E-state index contributed by atoms with van der Waals surface area (Å²) < 4.78 is 4.73. The van der Waals surface area contributed by atoms with Crippen LogP contribution in [0, 0.1) is 0 Å². The molecule has 1 aromatic heterocycles. The van der Waals surface area contributed by atoms with Crippen LogP contribution >= 0.6 is 0 Å². The van der Waals surface area contributed by atoms with Crippen LogP contribution in [-0.2, 0) is 16.0 Å². The Kier molecular flexibility index (Phi) is 1.77. The molecule has 1 saturated heterocycles. The van der Waals surface area contributed by atoms with Crippen LogP contribution in [0.15, 0.2) is 18.3 Å². The van der Waals surface area contributed by atoms with E-state index in [0.29, 0.717) is 6.42 Å². The molecule has 1 aliphatic rings. The summed E-state index contributed by atoms with van der Waals surface area (Å²) in [7, 11) is 0. The van der Waals surface area contributed by atoms with Crippen molar-refractivity contribution in [3.63, 3.8) is 0 Å². The second-order valence-electron chi connectivity index (χ2n) is 2.78. The summed E-state index contributed by atoms with van der Waals surface area (Å²) in [4.78, 5) is 24.6. The topological polar surface area (TPSA) is 71.2 Å². The summed E-state index contributed by atoms with van der Waals surface area (Å²) in [5.41, 5.74) is 0.870. The minimum atomic E-state index is -0.689. The van der Waals surface area contributed by atoms with Gasteiger partial charge in [0.1, 0.15) is 0 Å². The second-order valence-corrected chi connectivity index (χ2v) is 2.78. The van der Waals surface area contributed by atoms with E-state index in [9.17, 15) is 9.59 Å². The molecule has 1 aromatic rings. The van der Waals surface area contributed by atoms with E-state index >= 15 is 0 Å². The van der Waals surface area contributed by atoms with Gasteiger partial charge in [0.15, 0.2) is 6.10 Å². The maximum atomic E-state index is 11.0. The van der Waals surface area contributed by atoms with Crippen molar-refractivity contribution in [1.29, 1.82) is 0 Å². The number of carbonyl (C=O) groups is 2. The van der Waals surface area contributed by atoms with Crippen LogP contribution in [0.1, 0.15) is 5.69 Å². The van der Waals surface area contributed by atoms with Gasteiger partial charge in [-0.3, -0.25) is 10.1 Å². The molecule has 2 heterocycles. The van der Waals surface area contributed by atoms with Crippen molar-refractivity contribution in [2.24, 2.45) is 0 Å². The van der Waals surface area contributed by atoms with Crippen molar-refractivity contribution >= 4 is 12.0 Å². The molecule has 2 amide bonds. The van der Waals surface area contributed by atoms with Gasteiger partial charge in [-0.15, -0.1) is 0 Å². The highest BCUT2D eigenvalue weighted by molar-refractivity contribution is 6.00. The first-order valence-corrected chi connectivity index (χ1v) is 3.89. The lowest BCUT2D eigenvalue weighted by Gasteiger charge is -2.02. The number of cyclic esters (lactones) is 1. The first kappa shape index (κ1) is 7.85. The van der Waals surface area contributed by atoms with Gasteiger partial charge in [0.25, 0.3) is 5.91 Å². The number of amides is 2. The lowest BCUT2D eigenvalue weighted by atomic mass is 10.2. The van der Waals surface area contributed by atoms with Crippen LogP contribution in [0.3, 0.4) is 0 Å². The maximum Gasteiger partial charge on any atom is 0.414 e. The van der Waals surface area contributed by atoms with Gasteiger partial charge >= 0.3 is 6.09 Å². The maximum absolute atomic E-state index is 11.0. The molecule has 0 bridgehead atoms. The number of hydrogen-bond donors (Lipinski definition) is 2. The number of carbonyl (C=O) groups excluding carboxylic acids is 2. The molecule has 0 spiro atoms. The summed E-state index contributed by atoms with van der Waals surface area (Å²) in [5, 5.41) is 2.07. The molecule has 1 atom stereocenters. The summed E-state index contributed by atoms with van der Waals surface area (Å²) in [6.07, 6.45) is 0.793. The quantitative estimate of drug-likeness (QED) is 0.682. The molecule has 0 saturated carbocycles. The smallest absolute Gasteiger partial charge is 0.414 e. The fraction of sp³-hybridized carbons (Fsp3) is 0.250. The highest BCUT2D eigenvalue weighted by Gasteiger charge is 2.32. The Morgan fingerprint density at radius 1 is 1.46 bits per heavy atom. The van der Waals surface area contributed by atoms with Gasteiger partial charge in [0.05, 0.1) is 0 Å². The predicted octanol–water partition coefficient (Wildman–Crippen LogP) is 0.192. The lowest BCUT2D eigenvalue weighted by molar-refractivity contribution is -0.123. The number of rotatable bonds is 2. The fourth-order valence-electron chi connectivity index (χ4n) is 1.22. The Bertz CT molecular complexity index is 331. The van der Waals surface area contributed by atoms with Gasteiger partial charge in [-0.25, -0.2) is 4.79 Å². The van der Waals surface area contributed by atoms with Crippen molar-refractivity contribution in [1.82, 2.24) is 10.3 Å². The van der Waals surface area contributed by atoms with Crippen LogP contribution in [-0.4, -0.2) is 23.1 Å². The third-order valence-electron chi connectivity index (χ3n) is 1.83. The Morgan fingerprint density at radius 2 is 2.31 bits per heavy atom. The van der Waals surface area contributed by atoms with Crippen LogP contribution in [0.2, 0.25) is 0 Å². The van der Waals surface area contributed by atoms with E-state index in [2.05, 4.69) is 10.3 Å². The minimum Gasteiger partial charge on any atom is -0.435 e. The molecule has 2 N–H and O–H groups in total. The van der Waals surface area contributed by atoms with Crippen molar-refractivity contribution < 1.29 is 14.3 Å². The molecule has 13 heavy (non-hydrogen) atoms. The Balaban J connectivity index is 2.03. The number of ether oxygens (including phenoxy) is 1. The average molecular weight is 180 g/mol. The zero-order valence-corrected chi connectivity index (χ0v) is 6.74. The first-order valence-electron chi connectivity index (χ1n) is 3.89. The Labute approximate surface area is 74.1 Å². The normalized spacial score (nSPS) is 21.4. The van der Waals surface area contributed by atoms with Crippen LogP contribution in [0.4, 0.5) is 4.79 Å². The molecule has 1 unspecified atom stereocenters. The number of alkyl carbamates (subject to hydrolysis) is 1. The first-order chi connectivity index (χ1) is 6.25. The Morgan fingerprint density at radius 3 is 2.85 bits per heavy atom. The molecule has 0 aromatic carbocycles. The van der Waals surface area contributed by atoms with Gasteiger partial charge in [-0.2, -0.15) is 0 Å². The summed E-state index contributed by atoms with van der Waals surface area (Å²) in [5.74, 6) is -0.375. The van der Waals surface area contributed by atoms with Gasteiger partial charge < -0.3 is 9.72 Å². The molecular weight excluding hydrogens is 172 g/mol. The molecule has 1 aliphatic heterocycles. The van der Waals surface area contributed by atoms with E-state index < -0.39 is 12.2 Å². The van der Waals surface area contributed by atoms with E-state index in [1.165, 1.54) is 0 Å². The van der Waals surface area contributed by atoms with E-state index in [0.717, 1.165) is 5.69 Å². The molecular formula is C8H8N2O3. The predicted molar refractivity (Wildman–Crippen MR) is 42.9 cm³/mol. The zero-order chi connectivity index (χ0) is 9.26. The van der Waals surface area contributed by atoms with Crippen molar-refractivity contribution in [2.75, 3.05) is 0 Å². The molecule has 68 valence electrons. The molecule has 1 fully saturated rings.